The zero-order valence-electron chi connectivity index (χ0n) is 19.5. The Morgan fingerprint density at radius 1 is 1.09 bits per heavy atom. The minimum absolute atomic E-state index is 0.0264. The molecule has 7 nitrogen and oxygen atoms in total. The average molecular weight is 437 g/mol. The number of rotatable bonds is 3. The Balaban J connectivity index is 1.64. The van der Waals surface area contributed by atoms with Crippen LogP contribution >= 0.6 is 0 Å². The van der Waals surface area contributed by atoms with Crippen LogP contribution < -0.4 is 20.1 Å². The van der Waals surface area contributed by atoms with E-state index in [1.807, 2.05) is 17.0 Å². The van der Waals surface area contributed by atoms with Gasteiger partial charge in [-0.25, -0.2) is 0 Å². The van der Waals surface area contributed by atoms with E-state index in [4.69, 9.17) is 14.5 Å². The van der Waals surface area contributed by atoms with E-state index in [0.29, 0.717) is 36.7 Å². The highest BCUT2D eigenvalue weighted by Crippen LogP contribution is 2.33. The summed E-state index contributed by atoms with van der Waals surface area (Å²) in [7, 11) is 3.16. The Morgan fingerprint density at radius 3 is 2.56 bits per heavy atom. The van der Waals surface area contributed by atoms with Gasteiger partial charge in [0.25, 0.3) is 5.91 Å². The van der Waals surface area contributed by atoms with Crippen LogP contribution in [0, 0.1) is 0 Å². The molecule has 1 saturated heterocycles. The summed E-state index contributed by atoms with van der Waals surface area (Å²) in [4.78, 5) is 20.3. The topological polar surface area (TPSA) is 75.2 Å². The maximum absolute atomic E-state index is 13.4. The molecule has 1 unspecified atom stereocenters. The molecule has 2 aliphatic rings. The summed E-state index contributed by atoms with van der Waals surface area (Å²) in [6, 6.07) is 13.6. The van der Waals surface area contributed by atoms with Gasteiger partial charge in [0.15, 0.2) is 11.5 Å². The van der Waals surface area contributed by atoms with Crippen LogP contribution in [-0.4, -0.2) is 55.0 Å². The number of nitrogens with one attached hydrogen (secondary N) is 2. The average Bonchev–Trinajstić information content (AvgIpc) is 3.15. The van der Waals surface area contributed by atoms with Gasteiger partial charge in [-0.15, -0.1) is 0 Å². The molecule has 1 fully saturated rings. The first kappa shape index (κ1) is 22.1. The first-order valence-electron chi connectivity index (χ1n) is 11.0. The highest BCUT2D eigenvalue weighted by Gasteiger charge is 2.46. The number of amides is 1. The summed E-state index contributed by atoms with van der Waals surface area (Å²) in [6.45, 7) is 8.16. The quantitative estimate of drug-likeness (QED) is 0.767. The molecule has 2 aromatic carbocycles. The Morgan fingerprint density at radius 2 is 1.84 bits per heavy atom. The van der Waals surface area contributed by atoms with Gasteiger partial charge in [0, 0.05) is 30.9 Å². The lowest BCUT2D eigenvalue weighted by Crippen LogP contribution is -2.56. The largest absolute Gasteiger partial charge is 0.493 e. The fraction of sp³-hybridized carbons (Fsp3) is 0.440. The molecule has 7 heteroatoms. The van der Waals surface area contributed by atoms with Crippen molar-refractivity contribution in [2.24, 2.45) is 4.99 Å². The van der Waals surface area contributed by atoms with Gasteiger partial charge in [0.05, 0.1) is 25.3 Å². The van der Waals surface area contributed by atoms with E-state index in [-0.39, 0.29) is 11.4 Å². The molecule has 170 valence electrons. The molecule has 0 radical (unpaired) electrons. The molecular formula is C25H32N4O3. The van der Waals surface area contributed by atoms with Crippen molar-refractivity contribution in [1.82, 2.24) is 10.2 Å². The molecule has 1 amide bonds. The Hall–Kier alpha value is -3.06. The summed E-state index contributed by atoms with van der Waals surface area (Å²) in [6.07, 6.45) is 0.780. The molecule has 32 heavy (non-hydrogen) atoms. The summed E-state index contributed by atoms with van der Waals surface area (Å²) < 4.78 is 10.7. The number of likely N-dealkylation sites (tertiary alicyclic amines) is 1. The summed E-state index contributed by atoms with van der Waals surface area (Å²) in [5.74, 6) is 2.01. The lowest BCUT2D eigenvalue weighted by Gasteiger charge is -2.32. The third kappa shape index (κ3) is 4.30. The van der Waals surface area contributed by atoms with Crippen molar-refractivity contribution in [2.75, 3.05) is 32.6 Å². The molecule has 0 saturated carbocycles. The van der Waals surface area contributed by atoms with E-state index in [1.165, 1.54) is 5.56 Å². The second-order valence-electron chi connectivity index (χ2n) is 9.40. The highest BCUT2D eigenvalue weighted by molar-refractivity contribution is 6.05. The maximum atomic E-state index is 13.4. The van der Waals surface area contributed by atoms with E-state index >= 15 is 0 Å². The first-order chi connectivity index (χ1) is 15.2. The van der Waals surface area contributed by atoms with Crippen LogP contribution in [0.5, 0.6) is 11.5 Å². The summed E-state index contributed by atoms with van der Waals surface area (Å²) in [5.41, 5.74) is 2.15. The van der Waals surface area contributed by atoms with Crippen molar-refractivity contribution in [1.29, 1.82) is 0 Å². The summed E-state index contributed by atoms with van der Waals surface area (Å²) >= 11 is 0. The van der Waals surface area contributed by atoms with E-state index in [1.54, 1.807) is 32.4 Å². The number of nitrogens with zero attached hydrogens (tertiary/aromatic N) is 2. The predicted octanol–water partition coefficient (Wildman–Crippen LogP) is 3.70. The van der Waals surface area contributed by atoms with Crippen LogP contribution in [0.2, 0.25) is 0 Å². The second kappa shape index (κ2) is 8.47. The van der Waals surface area contributed by atoms with Crippen LogP contribution in [-0.2, 0) is 6.54 Å². The van der Waals surface area contributed by atoms with Crippen LogP contribution in [0.25, 0.3) is 0 Å². The Bertz CT molecular complexity index is 1040. The first-order valence-corrected chi connectivity index (χ1v) is 11.0. The minimum Gasteiger partial charge on any atom is -0.493 e. The fourth-order valence-electron chi connectivity index (χ4n) is 4.33. The summed E-state index contributed by atoms with van der Waals surface area (Å²) in [5, 5.41) is 7.33. The van der Waals surface area contributed by atoms with Gasteiger partial charge >= 0.3 is 0 Å². The number of para-hydroxylation sites is 1. The molecule has 0 aromatic heterocycles. The van der Waals surface area contributed by atoms with E-state index in [9.17, 15) is 4.79 Å². The van der Waals surface area contributed by atoms with Gasteiger partial charge in [-0.2, -0.15) is 0 Å². The predicted molar refractivity (Wildman–Crippen MR) is 127 cm³/mol. The molecule has 0 bridgehead atoms. The molecule has 2 heterocycles. The van der Waals surface area contributed by atoms with Crippen molar-refractivity contribution in [3.05, 3.63) is 53.6 Å². The lowest BCUT2D eigenvalue weighted by atomic mass is 9.95. The molecule has 2 aliphatic heterocycles. The third-order valence-electron chi connectivity index (χ3n) is 5.98. The van der Waals surface area contributed by atoms with Crippen LogP contribution in [0.15, 0.2) is 47.5 Å². The SMILES string of the molecule is COc1ccc(C(=O)N2CCC3(C2)NCc2ccccc2NC3=NC(C)(C)C)cc1OC. The Kier molecular flexibility index (Phi) is 5.86. The number of methoxy groups -OCH3 is 2. The molecule has 1 atom stereocenters. The highest BCUT2D eigenvalue weighted by atomic mass is 16.5. The van der Waals surface area contributed by atoms with Gasteiger partial charge in [-0.05, 0) is 57.0 Å². The minimum atomic E-state index is -0.432. The van der Waals surface area contributed by atoms with E-state index < -0.39 is 5.54 Å². The van der Waals surface area contributed by atoms with Crippen molar-refractivity contribution in [3.63, 3.8) is 0 Å². The van der Waals surface area contributed by atoms with Crippen molar-refractivity contribution in [2.45, 2.75) is 44.8 Å². The number of hydrogen-bond acceptors (Lipinski definition) is 5. The molecule has 2 aromatic rings. The zero-order chi connectivity index (χ0) is 22.9. The van der Waals surface area contributed by atoms with Crippen LogP contribution in [0.1, 0.15) is 43.1 Å². The normalized spacial score (nSPS) is 21.8. The Labute approximate surface area is 189 Å². The third-order valence-corrected chi connectivity index (χ3v) is 5.98. The maximum Gasteiger partial charge on any atom is 0.254 e. The smallest absolute Gasteiger partial charge is 0.254 e. The number of carbonyl (C=O) groups excluding carboxylic acids is 1. The molecule has 4 rings (SSSR count). The standard InChI is InChI=1S/C25H32N4O3/c1-24(2,3)28-23-25(26-15-18-8-6-7-9-19(18)27-23)12-13-29(16-25)22(30)17-10-11-20(31-4)21(14-17)32-5/h6-11,14,26H,12-13,15-16H2,1-5H3,(H,27,28). The number of hydrogen-bond donors (Lipinski definition) is 2. The van der Waals surface area contributed by atoms with Crippen LogP contribution in [0.4, 0.5) is 5.69 Å². The fourth-order valence-corrected chi connectivity index (χ4v) is 4.33. The number of benzene rings is 2. The number of aliphatic imine (C=N–C) groups is 1. The number of carbonyl (C=O) groups is 1. The lowest BCUT2D eigenvalue weighted by molar-refractivity contribution is 0.0785. The molecular weight excluding hydrogens is 404 g/mol. The monoisotopic (exact) mass is 436 g/mol. The van der Waals surface area contributed by atoms with Crippen LogP contribution in [0.3, 0.4) is 0 Å². The van der Waals surface area contributed by atoms with E-state index in [0.717, 1.165) is 17.9 Å². The number of fused-ring (bicyclic) bond motifs is 1. The van der Waals surface area contributed by atoms with Gasteiger partial charge in [-0.3, -0.25) is 15.1 Å². The van der Waals surface area contributed by atoms with Gasteiger partial charge in [0.1, 0.15) is 5.84 Å². The van der Waals surface area contributed by atoms with E-state index in [2.05, 4.69) is 43.5 Å². The number of anilines is 1. The molecule has 0 aliphatic carbocycles. The van der Waals surface area contributed by atoms with Crippen molar-refractivity contribution in [3.8, 4) is 11.5 Å². The zero-order valence-corrected chi connectivity index (χ0v) is 19.5. The second-order valence-corrected chi connectivity index (χ2v) is 9.40. The van der Waals surface area contributed by atoms with Crippen molar-refractivity contribution >= 4 is 17.4 Å². The van der Waals surface area contributed by atoms with Gasteiger partial charge in [0.2, 0.25) is 0 Å². The number of ether oxygens (including phenoxy) is 2. The molecule has 2 N–H and O–H groups in total. The van der Waals surface area contributed by atoms with Gasteiger partial charge in [-0.1, -0.05) is 18.2 Å². The van der Waals surface area contributed by atoms with Crippen molar-refractivity contribution < 1.29 is 14.3 Å². The molecule has 1 spiro atoms. The van der Waals surface area contributed by atoms with Gasteiger partial charge < -0.3 is 19.7 Å². The number of amidine groups is 1.